The van der Waals surface area contributed by atoms with Crippen molar-refractivity contribution < 1.29 is 0 Å². The molecule has 0 aliphatic heterocycles. The quantitative estimate of drug-likeness (QED) is 0.722. The molecule has 2 heterocycles. The van der Waals surface area contributed by atoms with Gasteiger partial charge in [0, 0.05) is 12.6 Å². The van der Waals surface area contributed by atoms with Gasteiger partial charge in [-0.1, -0.05) is 6.07 Å². The van der Waals surface area contributed by atoms with Gasteiger partial charge in [0.15, 0.2) is 0 Å². The molecule has 0 atom stereocenters. The third kappa shape index (κ3) is 1.69. The van der Waals surface area contributed by atoms with Crippen LogP contribution in [0.2, 0.25) is 0 Å². The number of benzene rings is 1. The second-order valence-electron chi connectivity index (χ2n) is 4.58. The van der Waals surface area contributed by atoms with Crippen LogP contribution in [0.1, 0.15) is 17.3 Å². The molecule has 1 N–H and O–H groups in total. The molecule has 0 saturated carbocycles. The predicted molar refractivity (Wildman–Crippen MR) is 72.5 cm³/mol. The Morgan fingerprint density at radius 3 is 2.79 bits per heavy atom. The van der Waals surface area contributed by atoms with Crippen molar-refractivity contribution in [2.24, 2.45) is 7.05 Å². The standard InChI is InChI=1S/C14H13N5/c1-8-16-11-5-4-10(6-12(11)17-8)14-13(7-15)19(3)9(2)18-14/h4-6H,1-3H3,(H,16,17). The largest absolute Gasteiger partial charge is 0.342 e. The fourth-order valence-corrected chi connectivity index (χ4v) is 2.22. The molecule has 0 spiro atoms. The van der Waals surface area contributed by atoms with Crippen LogP contribution in [-0.2, 0) is 7.05 Å². The molecule has 0 aliphatic rings. The van der Waals surface area contributed by atoms with E-state index in [4.69, 9.17) is 0 Å². The number of nitriles is 1. The van der Waals surface area contributed by atoms with Crippen LogP contribution >= 0.6 is 0 Å². The first-order valence-corrected chi connectivity index (χ1v) is 6.00. The molecule has 3 rings (SSSR count). The topological polar surface area (TPSA) is 70.3 Å². The maximum Gasteiger partial charge on any atom is 0.147 e. The summed E-state index contributed by atoms with van der Waals surface area (Å²) in [6.45, 7) is 3.81. The highest BCUT2D eigenvalue weighted by Crippen LogP contribution is 2.25. The van der Waals surface area contributed by atoms with E-state index in [-0.39, 0.29) is 0 Å². The Labute approximate surface area is 110 Å². The van der Waals surface area contributed by atoms with E-state index < -0.39 is 0 Å². The van der Waals surface area contributed by atoms with Gasteiger partial charge in [0.1, 0.15) is 29.1 Å². The number of fused-ring (bicyclic) bond motifs is 1. The van der Waals surface area contributed by atoms with Crippen molar-refractivity contribution in [2.45, 2.75) is 13.8 Å². The number of nitrogens with one attached hydrogen (secondary N) is 1. The Bertz CT molecular complexity index is 816. The number of nitrogens with zero attached hydrogens (tertiary/aromatic N) is 4. The lowest BCUT2D eigenvalue weighted by Crippen LogP contribution is -1.94. The zero-order chi connectivity index (χ0) is 13.6. The summed E-state index contributed by atoms with van der Waals surface area (Å²) in [5.74, 6) is 1.71. The lowest BCUT2D eigenvalue weighted by molar-refractivity contribution is 0.845. The number of hydrogen-bond donors (Lipinski definition) is 1. The van der Waals surface area contributed by atoms with Crippen LogP contribution in [0.5, 0.6) is 0 Å². The summed E-state index contributed by atoms with van der Waals surface area (Å²) in [6, 6.07) is 8.09. The minimum absolute atomic E-state index is 0.577. The zero-order valence-electron chi connectivity index (χ0n) is 11.0. The molecule has 94 valence electrons. The van der Waals surface area contributed by atoms with Gasteiger partial charge in [0.25, 0.3) is 0 Å². The average Bonchev–Trinajstić information content (AvgIpc) is 2.89. The van der Waals surface area contributed by atoms with E-state index in [1.54, 1.807) is 4.57 Å². The monoisotopic (exact) mass is 251 g/mol. The first-order valence-electron chi connectivity index (χ1n) is 6.00. The molecule has 0 amide bonds. The van der Waals surface area contributed by atoms with Crippen LogP contribution < -0.4 is 0 Å². The van der Waals surface area contributed by atoms with E-state index in [0.717, 1.165) is 33.9 Å². The first-order chi connectivity index (χ1) is 9.10. The molecule has 0 aliphatic carbocycles. The molecule has 0 fully saturated rings. The lowest BCUT2D eigenvalue weighted by atomic mass is 10.1. The minimum Gasteiger partial charge on any atom is -0.342 e. The number of H-pyrrole nitrogens is 1. The molecule has 0 bridgehead atoms. The molecule has 5 heteroatoms. The van der Waals surface area contributed by atoms with Gasteiger partial charge in [-0.25, -0.2) is 9.97 Å². The fourth-order valence-electron chi connectivity index (χ4n) is 2.22. The number of aromatic amines is 1. The summed E-state index contributed by atoms with van der Waals surface area (Å²) < 4.78 is 1.80. The van der Waals surface area contributed by atoms with Crippen molar-refractivity contribution in [3.05, 3.63) is 35.5 Å². The van der Waals surface area contributed by atoms with Crippen molar-refractivity contribution in [1.29, 1.82) is 5.26 Å². The SMILES string of the molecule is Cc1nc2ccc(-c3nc(C)n(C)c3C#N)cc2[nH]1. The highest BCUT2D eigenvalue weighted by atomic mass is 15.1. The number of hydrogen-bond acceptors (Lipinski definition) is 3. The Hall–Kier alpha value is -2.61. The third-order valence-electron chi connectivity index (χ3n) is 3.30. The number of rotatable bonds is 1. The molecule has 0 unspecified atom stereocenters. The van der Waals surface area contributed by atoms with Crippen molar-refractivity contribution in [3.8, 4) is 17.3 Å². The Morgan fingerprint density at radius 2 is 2.05 bits per heavy atom. The third-order valence-corrected chi connectivity index (χ3v) is 3.30. The van der Waals surface area contributed by atoms with Crippen LogP contribution in [0, 0.1) is 25.2 Å². The van der Waals surface area contributed by atoms with Crippen LogP contribution in [0.15, 0.2) is 18.2 Å². The summed E-state index contributed by atoms with van der Waals surface area (Å²) in [6.07, 6.45) is 0. The molecular weight excluding hydrogens is 238 g/mol. The molecule has 5 nitrogen and oxygen atoms in total. The molecule has 0 radical (unpaired) electrons. The van der Waals surface area contributed by atoms with Crippen LogP contribution in [0.25, 0.3) is 22.3 Å². The van der Waals surface area contributed by atoms with E-state index in [1.165, 1.54) is 0 Å². The van der Waals surface area contributed by atoms with E-state index in [2.05, 4.69) is 21.0 Å². The minimum atomic E-state index is 0.577. The van der Waals surface area contributed by atoms with E-state index in [0.29, 0.717) is 5.69 Å². The van der Waals surface area contributed by atoms with Gasteiger partial charge in [0.05, 0.1) is 11.0 Å². The second kappa shape index (κ2) is 3.95. The van der Waals surface area contributed by atoms with Crippen LogP contribution in [-0.4, -0.2) is 19.5 Å². The molecule has 19 heavy (non-hydrogen) atoms. The normalized spacial score (nSPS) is 10.8. The van der Waals surface area contributed by atoms with Crippen LogP contribution in [0.3, 0.4) is 0 Å². The summed E-state index contributed by atoms with van der Waals surface area (Å²) >= 11 is 0. The van der Waals surface area contributed by atoms with Gasteiger partial charge in [-0.3, -0.25) is 0 Å². The highest BCUT2D eigenvalue weighted by molar-refractivity contribution is 5.82. The average molecular weight is 251 g/mol. The summed E-state index contributed by atoms with van der Waals surface area (Å²) in [5.41, 5.74) is 4.11. The molecular formula is C14H13N5. The number of imidazole rings is 2. The summed E-state index contributed by atoms with van der Waals surface area (Å²) in [5, 5.41) is 9.26. The molecule has 1 aromatic carbocycles. The van der Waals surface area contributed by atoms with E-state index in [9.17, 15) is 5.26 Å². The molecule has 2 aromatic heterocycles. The van der Waals surface area contributed by atoms with Crippen molar-refractivity contribution in [1.82, 2.24) is 19.5 Å². The van der Waals surface area contributed by atoms with Gasteiger partial charge in [-0.05, 0) is 26.0 Å². The van der Waals surface area contributed by atoms with Crippen molar-refractivity contribution >= 4 is 11.0 Å². The summed E-state index contributed by atoms with van der Waals surface area (Å²) in [7, 11) is 1.85. The molecule has 3 aromatic rings. The zero-order valence-corrected chi connectivity index (χ0v) is 11.0. The summed E-state index contributed by atoms with van der Waals surface area (Å²) in [4.78, 5) is 12.0. The van der Waals surface area contributed by atoms with Gasteiger partial charge >= 0.3 is 0 Å². The van der Waals surface area contributed by atoms with Crippen molar-refractivity contribution in [3.63, 3.8) is 0 Å². The van der Waals surface area contributed by atoms with Gasteiger partial charge in [-0.15, -0.1) is 0 Å². The van der Waals surface area contributed by atoms with Gasteiger partial charge in [0.2, 0.25) is 0 Å². The lowest BCUT2D eigenvalue weighted by Gasteiger charge is -1.98. The Kier molecular flexibility index (Phi) is 2.39. The number of aromatic nitrogens is 4. The fraction of sp³-hybridized carbons (Fsp3) is 0.214. The van der Waals surface area contributed by atoms with Crippen LogP contribution in [0.4, 0.5) is 0 Å². The van der Waals surface area contributed by atoms with E-state index >= 15 is 0 Å². The molecule has 0 saturated heterocycles. The van der Waals surface area contributed by atoms with Gasteiger partial charge < -0.3 is 9.55 Å². The van der Waals surface area contributed by atoms with E-state index in [1.807, 2.05) is 39.1 Å². The maximum atomic E-state index is 9.26. The predicted octanol–water partition coefficient (Wildman–Crippen LogP) is 2.45. The first kappa shape index (κ1) is 11.5. The second-order valence-corrected chi connectivity index (χ2v) is 4.58. The van der Waals surface area contributed by atoms with Crippen molar-refractivity contribution in [2.75, 3.05) is 0 Å². The Balaban J connectivity index is 2.24. The van der Waals surface area contributed by atoms with Gasteiger partial charge in [-0.2, -0.15) is 5.26 Å². The highest BCUT2D eigenvalue weighted by Gasteiger charge is 2.14. The smallest absolute Gasteiger partial charge is 0.147 e. The number of aryl methyl sites for hydroxylation is 2. The Morgan fingerprint density at radius 1 is 1.26 bits per heavy atom. The maximum absolute atomic E-state index is 9.26.